The first kappa shape index (κ1) is 12.3. The van der Waals surface area contributed by atoms with Crippen molar-refractivity contribution in [3.05, 3.63) is 46.3 Å². The highest BCUT2D eigenvalue weighted by molar-refractivity contribution is 8.07. The minimum absolute atomic E-state index is 1.29. The molecule has 0 aliphatic heterocycles. The van der Waals surface area contributed by atoms with Gasteiger partial charge in [0, 0.05) is 9.81 Å². The topological polar surface area (TPSA) is 0 Å². The first-order chi connectivity index (χ1) is 6.28. The van der Waals surface area contributed by atoms with E-state index in [9.17, 15) is 0 Å². The number of hydrogen-bond donors (Lipinski definition) is 0. The molecule has 0 saturated carbocycles. The maximum Gasteiger partial charge on any atom is 0.00758 e. The molecule has 0 bridgehead atoms. The molecule has 0 spiro atoms. The van der Waals surface area contributed by atoms with Gasteiger partial charge in [0.25, 0.3) is 0 Å². The minimum Gasteiger partial charge on any atom is -0.0908 e. The summed E-state index contributed by atoms with van der Waals surface area (Å²) in [5.41, 5.74) is 0. The largest absolute Gasteiger partial charge is 0.0908 e. The van der Waals surface area contributed by atoms with Gasteiger partial charge in [-0.25, -0.2) is 0 Å². The summed E-state index contributed by atoms with van der Waals surface area (Å²) in [5.74, 6) is 0. The second kappa shape index (κ2) is 7.93. The molecule has 0 heterocycles. The molecule has 0 saturated heterocycles. The second-order valence-electron chi connectivity index (χ2n) is 2.48. The molecular weight excluding hydrogens is 176 g/mol. The monoisotopic (exact) mass is 194 g/mol. The van der Waals surface area contributed by atoms with Crippen LogP contribution in [0.4, 0.5) is 0 Å². The molecule has 0 aliphatic rings. The van der Waals surface area contributed by atoms with E-state index in [2.05, 4.69) is 50.3 Å². The highest BCUT2D eigenvalue weighted by atomic mass is 32.2. The van der Waals surface area contributed by atoms with Gasteiger partial charge in [-0.1, -0.05) is 48.2 Å². The molecule has 0 radical (unpaired) electrons. The molecule has 0 atom stereocenters. The molecule has 0 unspecified atom stereocenters. The Morgan fingerprint density at radius 3 is 1.38 bits per heavy atom. The standard InChI is InChI=1S/C12H18S/c1-5-9-11(7-3)13-12(8-4)10-6-2/h5-10H,1-4H3/b9-5-,10-6-,11-7+,12-8+. The number of allylic oxidation sites excluding steroid dienone is 6. The van der Waals surface area contributed by atoms with Crippen LogP contribution >= 0.6 is 11.8 Å². The Bertz CT molecular complexity index is 216. The fraction of sp³-hybridized carbons (Fsp3) is 0.333. The predicted molar refractivity (Wildman–Crippen MR) is 64.7 cm³/mol. The molecule has 0 aromatic carbocycles. The first-order valence-corrected chi connectivity index (χ1v) is 5.36. The van der Waals surface area contributed by atoms with E-state index in [1.165, 1.54) is 9.81 Å². The molecule has 1 heteroatoms. The number of rotatable bonds is 4. The van der Waals surface area contributed by atoms with Crippen LogP contribution in [0.15, 0.2) is 46.3 Å². The van der Waals surface area contributed by atoms with E-state index in [-0.39, 0.29) is 0 Å². The van der Waals surface area contributed by atoms with Gasteiger partial charge in [-0.2, -0.15) is 0 Å². The van der Waals surface area contributed by atoms with Crippen LogP contribution < -0.4 is 0 Å². The van der Waals surface area contributed by atoms with Crippen LogP contribution in [0.2, 0.25) is 0 Å². The Hall–Kier alpha value is -0.690. The van der Waals surface area contributed by atoms with Gasteiger partial charge in [-0.3, -0.25) is 0 Å². The molecule has 0 aromatic rings. The van der Waals surface area contributed by atoms with E-state index >= 15 is 0 Å². The average Bonchev–Trinajstić information content (AvgIpc) is 2.16. The molecule has 0 fully saturated rings. The van der Waals surface area contributed by atoms with Crippen molar-refractivity contribution in [2.45, 2.75) is 27.7 Å². The molecule has 72 valence electrons. The second-order valence-corrected chi connectivity index (χ2v) is 3.63. The Morgan fingerprint density at radius 2 is 1.15 bits per heavy atom. The van der Waals surface area contributed by atoms with Crippen LogP contribution in [0.3, 0.4) is 0 Å². The molecular formula is C12H18S. The zero-order chi connectivity index (χ0) is 10.1. The van der Waals surface area contributed by atoms with Gasteiger partial charge < -0.3 is 0 Å². The van der Waals surface area contributed by atoms with Crippen molar-refractivity contribution in [3.8, 4) is 0 Å². The summed E-state index contributed by atoms with van der Waals surface area (Å²) in [6.45, 7) is 8.20. The summed E-state index contributed by atoms with van der Waals surface area (Å²) < 4.78 is 0. The summed E-state index contributed by atoms with van der Waals surface area (Å²) >= 11 is 1.79. The third-order valence-electron chi connectivity index (χ3n) is 1.47. The van der Waals surface area contributed by atoms with Crippen LogP contribution in [0, 0.1) is 0 Å². The van der Waals surface area contributed by atoms with Gasteiger partial charge in [0.1, 0.15) is 0 Å². The minimum atomic E-state index is 1.29. The Labute approximate surface area is 86.1 Å². The summed E-state index contributed by atoms with van der Waals surface area (Å²) in [7, 11) is 0. The maximum absolute atomic E-state index is 2.12. The van der Waals surface area contributed by atoms with E-state index in [4.69, 9.17) is 0 Å². The van der Waals surface area contributed by atoms with Gasteiger partial charge in [0.05, 0.1) is 0 Å². The van der Waals surface area contributed by atoms with E-state index in [1.54, 1.807) is 11.8 Å². The van der Waals surface area contributed by atoms with Crippen LogP contribution in [0.1, 0.15) is 27.7 Å². The molecule has 0 aliphatic carbocycles. The van der Waals surface area contributed by atoms with Gasteiger partial charge in [0.2, 0.25) is 0 Å². The van der Waals surface area contributed by atoms with E-state index in [0.29, 0.717) is 0 Å². The quantitative estimate of drug-likeness (QED) is 0.586. The molecule has 0 N–H and O–H groups in total. The summed E-state index contributed by atoms with van der Waals surface area (Å²) in [4.78, 5) is 2.57. The smallest absolute Gasteiger partial charge is 0.00758 e. The third-order valence-corrected chi connectivity index (χ3v) is 2.68. The van der Waals surface area contributed by atoms with Crippen LogP contribution in [0.5, 0.6) is 0 Å². The fourth-order valence-corrected chi connectivity index (χ4v) is 1.76. The van der Waals surface area contributed by atoms with Gasteiger partial charge in [-0.15, -0.1) is 0 Å². The molecule has 0 aromatic heterocycles. The van der Waals surface area contributed by atoms with Gasteiger partial charge in [-0.05, 0) is 27.7 Å². The summed E-state index contributed by atoms with van der Waals surface area (Å²) in [6.07, 6.45) is 12.6. The predicted octanol–water partition coefficient (Wildman–Crippen LogP) is 4.68. The molecule has 13 heavy (non-hydrogen) atoms. The highest BCUT2D eigenvalue weighted by Gasteiger charge is 1.94. The molecule has 0 amide bonds. The van der Waals surface area contributed by atoms with Crippen LogP contribution in [0.25, 0.3) is 0 Å². The third kappa shape index (κ3) is 5.53. The summed E-state index contributed by atoms with van der Waals surface area (Å²) in [5, 5.41) is 0. The van der Waals surface area contributed by atoms with Crippen molar-refractivity contribution >= 4 is 11.8 Å². The lowest BCUT2D eigenvalue weighted by Crippen LogP contribution is -1.72. The van der Waals surface area contributed by atoms with Gasteiger partial charge in [0.15, 0.2) is 0 Å². The maximum atomic E-state index is 2.12. The van der Waals surface area contributed by atoms with Crippen molar-refractivity contribution in [1.82, 2.24) is 0 Å². The Kier molecular flexibility index (Phi) is 7.51. The van der Waals surface area contributed by atoms with E-state index in [0.717, 1.165) is 0 Å². The lowest BCUT2D eigenvalue weighted by Gasteiger charge is -2.01. The normalized spacial score (nSPS) is 14.8. The zero-order valence-corrected chi connectivity index (χ0v) is 9.69. The van der Waals surface area contributed by atoms with Crippen molar-refractivity contribution < 1.29 is 0 Å². The Balaban J connectivity index is 4.39. The molecule has 0 rings (SSSR count). The van der Waals surface area contributed by atoms with E-state index < -0.39 is 0 Å². The van der Waals surface area contributed by atoms with Crippen LogP contribution in [-0.2, 0) is 0 Å². The fourth-order valence-electron chi connectivity index (χ4n) is 0.843. The van der Waals surface area contributed by atoms with E-state index in [1.807, 2.05) is 13.8 Å². The van der Waals surface area contributed by atoms with Crippen LogP contribution in [-0.4, -0.2) is 0 Å². The first-order valence-electron chi connectivity index (χ1n) is 4.54. The molecule has 0 nitrogen and oxygen atoms in total. The number of thioether (sulfide) groups is 1. The van der Waals surface area contributed by atoms with Crippen molar-refractivity contribution in [2.24, 2.45) is 0 Å². The lowest BCUT2D eigenvalue weighted by molar-refractivity contribution is 1.64. The SMILES string of the molecule is C/C=C\C(=C/C)SC(/C=C\C)=C/C. The summed E-state index contributed by atoms with van der Waals surface area (Å²) in [6, 6.07) is 0. The number of hydrogen-bond acceptors (Lipinski definition) is 1. The van der Waals surface area contributed by atoms with Crippen molar-refractivity contribution in [2.75, 3.05) is 0 Å². The zero-order valence-electron chi connectivity index (χ0n) is 8.87. The average molecular weight is 194 g/mol. The Morgan fingerprint density at radius 1 is 0.769 bits per heavy atom. The van der Waals surface area contributed by atoms with Crippen molar-refractivity contribution in [3.63, 3.8) is 0 Å². The van der Waals surface area contributed by atoms with Crippen molar-refractivity contribution in [1.29, 1.82) is 0 Å². The lowest BCUT2D eigenvalue weighted by atomic mass is 10.4. The van der Waals surface area contributed by atoms with Gasteiger partial charge >= 0.3 is 0 Å². The highest BCUT2D eigenvalue weighted by Crippen LogP contribution is 2.26.